The summed E-state index contributed by atoms with van der Waals surface area (Å²) in [7, 11) is 0. The van der Waals surface area contributed by atoms with Gasteiger partial charge in [-0.2, -0.15) is 5.26 Å². The zero-order valence-corrected chi connectivity index (χ0v) is 16.4. The van der Waals surface area contributed by atoms with Gasteiger partial charge < -0.3 is 14.8 Å². The lowest BCUT2D eigenvalue weighted by Gasteiger charge is -2.16. The number of anilines is 1. The SMILES string of the molecule is C[C@H](OC(=O)COc1ccccc1C#N)C(=O)Nc1ccccc1-c1ccccc1. The van der Waals surface area contributed by atoms with Crippen LogP contribution in [0.15, 0.2) is 78.9 Å². The van der Waals surface area contributed by atoms with Gasteiger partial charge in [-0.3, -0.25) is 4.79 Å². The molecule has 1 N–H and O–H groups in total. The first-order valence-corrected chi connectivity index (χ1v) is 9.35. The van der Waals surface area contributed by atoms with Crippen LogP contribution in [0.5, 0.6) is 5.75 Å². The van der Waals surface area contributed by atoms with E-state index in [0.717, 1.165) is 11.1 Å². The highest BCUT2D eigenvalue weighted by Gasteiger charge is 2.19. The second-order valence-corrected chi connectivity index (χ2v) is 6.43. The van der Waals surface area contributed by atoms with Crippen molar-refractivity contribution >= 4 is 17.6 Å². The van der Waals surface area contributed by atoms with Crippen LogP contribution in [0.4, 0.5) is 5.69 Å². The standard InChI is InChI=1S/C24H20N2O4/c1-17(30-23(27)16-29-22-14-8-5-11-19(22)15-25)24(28)26-21-13-7-6-12-20(21)18-9-3-2-4-10-18/h2-14,17H,16H2,1H3,(H,26,28)/t17-/m0/s1. The van der Waals surface area contributed by atoms with Gasteiger partial charge in [0.2, 0.25) is 0 Å². The van der Waals surface area contributed by atoms with Crippen LogP contribution in [0, 0.1) is 11.3 Å². The molecule has 0 radical (unpaired) electrons. The third-order valence-corrected chi connectivity index (χ3v) is 4.30. The summed E-state index contributed by atoms with van der Waals surface area (Å²) < 4.78 is 10.5. The van der Waals surface area contributed by atoms with Crippen molar-refractivity contribution in [3.05, 3.63) is 84.4 Å². The molecule has 0 aliphatic carbocycles. The third kappa shape index (κ3) is 5.24. The molecule has 0 heterocycles. The van der Waals surface area contributed by atoms with E-state index < -0.39 is 24.6 Å². The topological polar surface area (TPSA) is 88.4 Å². The number of nitrogens with zero attached hydrogens (tertiary/aromatic N) is 1. The van der Waals surface area contributed by atoms with E-state index in [4.69, 9.17) is 14.7 Å². The van der Waals surface area contributed by atoms with Gasteiger partial charge in [0.15, 0.2) is 12.7 Å². The first kappa shape index (κ1) is 20.6. The molecule has 150 valence electrons. The molecule has 0 spiro atoms. The Morgan fingerprint density at radius 3 is 2.40 bits per heavy atom. The van der Waals surface area contributed by atoms with Gasteiger partial charge in [0.05, 0.1) is 5.56 Å². The van der Waals surface area contributed by atoms with Crippen LogP contribution in [0.1, 0.15) is 12.5 Å². The fourth-order valence-electron chi connectivity index (χ4n) is 2.80. The molecule has 0 bridgehead atoms. The summed E-state index contributed by atoms with van der Waals surface area (Å²) >= 11 is 0. The van der Waals surface area contributed by atoms with Crippen LogP contribution in [0.25, 0.3) is 11.1 Å². The lowest BCUT2D eigenvalue weighted by molar-refractivity contribution is -0.155. The number of hydrogen-bond acceptors (Lipinski definition) is 5. The van der Waals surface area contributed by atoms with Gasteiger partial charge in [-0.15, -0.1) is 0 Å². The number of carbonyl (C=O) groups excluding carboxylic acids is 2. The summed E-state index contributed by atoms with van der Waals surface area (Å²) in [5.74, 6) is -0.878. The minimum absolute atomic E-state index is 0.283. The molecule has 0 aliphatic rings. The van der Waals surface area contributed by atoms with Crippen molar-refractivity contribution in [3.63, 3.8) is 0 Å². The summed E-state index contributed by atoms with van der Waals surface area (Å²) in [4.78, 5) is 24.6. The third-order valence-electron chi connectivity index (χ3n) is 4.30. The van der Waals surface area contributed by atoms with Gasteiger partial charge >= 0.3 is 5.97 Å². The highest BCUT2D eigenvalue weighted by Crippen LogP contribution is 2.27. The largest absolute Gasteiger partial charge is 0.481 e. The number of ether oxygens (including phenoxy) is 2. The average Bonchev–Trinajstić information content (AvgIpc) is 2.78. The van der Waals surface area contributed by atoms with Crippen molar-refractivity contribution in [2.24, 2.45) is 0 Å². The van der Waals surface area contributed by atoms with Crippen molar-refractivity contribution in [2.45, 2.75) is 13.0 Å². The molecule has 3 rings (SSSR count). The van der Waals surface area contributed by atoms with Crippen LogP contribution in [-0.4, -0.2) is 24.6 Å². The smallest absolute Gasteiger partial charge is 0.344 e. The Labute approximate surface area is 174 Å². The van der Waals surface area contributed by atoms with Gasteiger partial charge in [0.25, 0.3) is 5.91 Å². The van der Waals surface area contributed by atoms with Crippen molar-refractivity contribution in [1.29, 1.82) is 5.26 Å². The van der Waals surface area contributed by atoms with E-state index in [1.165, 1.54) is 6.92 Å². The molecule has 0 aliphatic heterocycles. The normalized spacial score (nSPS) is 11.1. The summed E-state index contributed by atoms with van der Waals surface area (Å²) in [6.07, 6.45) is -1.02. The first-order chi connectivity index (χ1) is 14.6. The summed E-state index contributed by atoms with van der Waals surface area (Å²) in [5.41, 5.74) is 2.76. The maximum Gasteiger partial charge on any atom is 0.344 e. The van der Waals surface area contributed by atoms with E-state index in [1.807, 2.05) is 54.6 Å². The molecule has 0 fully saturated rings. The predicted octanol–water partition coefficient (Wildman–Crippen LogP) is 4.17. The van der Waals surface area contributed by atoms with Crippen LogP contribution >= 0.6 is 0 Å². The van der Waals surface area contributed by atoms with Crippen molar-refractivity contribution in [1.82, 2.24) is 0 Å². The average molecular weight is 400 g/mol. The molecule has 6 nitrogen and oxygen atoms in total. The lowest BCUT2D eigenvalue weighted by atomic mass is 10.0. The van der Waals surface area contributed by atoms with E-state index in [9.17, 15) is 9.59 Å². The molecule has 30 heavy (non-hydrogen) atoms. The molecule has 3 aromatic rings. The fraction of sp³-hybridized carbons (Fsp3) is 0.125. The van der Waals surface area contributed by atoms with Crippen molar-refractivity contribution < 1.29 is 19.1 Å². The van der Waals surface area contributed by atoms with Gasteiger partial charge in [0.1, 0.15) is 11.8 Å². The van der Waals surface area contributed by atoms with Gasteiger partial charge in [-0.25, -0.2) is 4.79 Å². The first-order valence-electron chi connectivity index (χ1n) is 9.35. The summed E-state index contributed by atoms with van der Waals surface area (Å²) in [5, 5.41) is 11.9. The number of benzene rings is 3. The minimum atomic E-state index is -1.02. The zero-order chi connectivity index (χ0) is 21.3. The summed E-state index contributed by atoms with van der Waals surface area (Å²) in [6.45, 7) is 1.08. The van der Waals surface area contributed by atoms with Crippen LogP contribution in [-0.2, 0) is 14.3 Å². The van der Waals surface area contributed by atoms with E-state index in [2.05, 4.69) is 5.32 Å². The number of esters is 1. The number of amides is 1. The molecule has 0 saturated heterocycles. The Balaban J connectivity index is 1.59. The van der Waals surface area contributed by atoms with Gasteiger partial charge in [-0.1, -0.05) is 60.7 Å². The molecule has 0 aromatic heterocycles. The molecule has 6 heteroatoms. The molecular weight excluding hydrogens is 380 g/mol. The predicted molar refractivity (Wildman–Crippen MR) is 113 cm³/mol. The number of nitriles is 1. The van der Waals surface area contributed by atoms with E-state index in [0.29, 0.717) is 11.3 Å². The Kier molecular flexibility index (Phi) is 6.80. The maximum atomic E-state index is 12.5. The molecule has 1 amide bonds. The second-order valence-electron chi connectivity index (χ2n) is 6.43. The van der Waals surface area contributed by atoms with Crippen LogP contribution in [0.3, 0.4) is 0 Å². The monoisotopic (exact) mass is 400 g/mol. The zero-order valence-electron chi connectivity index (χ0n) is 16.4. The van der Waals surface area contributed by atoms with Crippen molar-refractivity contribution in [3.8, 4) is 22.9 Å². The minimum Gasteiger partial charge on any atom is -0.481 e. The Morgan fingerprint density at radius 2 is 1.63 bits per heavy atom. The van der Waals surface area contributed by atoms with E-state index in [1.54, 1.807) is 30.3 Å². The Hall–Kier alpha value is -4.11. The second kappa shape index (κ2) is 9.89. The summed E-state index contributed by atoms with van der Waals surface area (Å²) in [6, 6.07) is 25.6. The van der Waals surface area contributed by atoms with Gasteiger partial charge in [0, 0.05) is 11.3 Å². The molecule has 1 atom stereocenters. The number of rotatable bonds is 7. The molecular formula is C24H20N2O4. The Morgan fingerprint density at radius 1 is 0.967 bits per heavy atom. The molecule has 3 aromatic carbocycles. The lowest BCUT2D eigenvalue weighted by Crippen LogP contribution is -2.31. The van der Waals surface area contributed by atoms with Crippen LogP contribution in [0.2, 0.25) is 0 Å². The number of carbonyl (C=O) groups is 2. The number of para-hydroxylation sites is 2. The van der Waals surface area contributed by atoms with E-state index in [-0.39, 0.29) is 5.75 Å². The van der Waals surface area contributed by atoms with Crippen molar-refractivity contribution in [2.75, 3.05) is 11.9 Å². The van der Waals surface area contributed by atoms with Crippen LogP contribution < -0.4 is 10.1 Å². The fourth-order valence-corrected chi connectivity index (χ4v) is 2.80. The molecule has 0 unspecified atom stereocenters. The number of nitrogens with one attached hydrogen (secondary N) is 1. The van der Waals surface area contributed by atoms with E-state index >= 15 is 0 Å². The van der Waals surface area contributed by atoms with Gasteiger partial charge in [-0.05, 0) is 30.7 Å². The number of hydrogen-bond donors (Lipinski definition) is 1. The molecule has 0 saturated carbocycles. The maximum absolute atomic E-state index is 12.5. The Bertz CT molecular complexity index is 1070. The quantitative estimate of drug-likeness (QED) is 0.601. The highest BCUT2D eigenvalue weighted by atomic mass is 16.6. The highest BCUT2D eigenvalue weighted by molar-refractivity contribution is 5.98.